The SMILES string of the molecule is COc1cc(OC)c(C(=O)OCC(=O)Nc2ccc(N3CCCC3)cc2)cc1OC. The number of carbonyl (C=O) groups is 2. The van der Waals surface area contributed by atoms with Crippen LogP contribution in [-0.4, -0.2) is 52.9 Å². The van der Waals surface area contributed by atoms with Gasteiger partial charge < -0.3 is 29.2 Å². The van der Waals surface area contributed by atoms with Gasteiger partial charge in [0, 0.05) is 36.6 Å². The van der Waals surface area contributed by atoms with Crippen LogP contribution in [-0.2, 0) is 9.53 Å². The Morgan fingerprint density at radius 1 is 0.900 bits per heavy atom. The van der Waals surface area contributed by atoms with E-state index in [4.69, 9.17) is 18.9 Å². The number of nitrogens with zero attached hydrogens (tertiary/aromatic N) is 1. The number of esters is 1. The molecule has 1 N–H and O–H groups in total. The van der Waals surface area contributed by atoms with Gasteiger partial charge in [0.05, 0.1) is 21.3 Å². The average molecular weight is 414 g/mol. The lowest BCUT2D eigenvalue weighted by atomic mass is 10.1. The van der Waals surface area contributed by atoms with Crippen LogP contribution in [0.3, 0.4) is 0 Å². The van der Waals surface area contributed by atoms with Crippen LogP contribution in [0.1, 0.15) is 23.2 Å². The van der Waals surface area contributed by atoms with Gasteiger partial charge in [0.15, 0.2) is 18.1 Å². The molecule has 1 aliphatic rings. The van der Waals surface area contributed by atoms with Gasteiger partial charge in [0.25, 0.3) is 5.91 Å². The zero-order valence-corrected chi connectivity index (χ0v) is 17.4. The van der Waals surface area contributed by atoms with Crippen molar-refractivity contribution in [2.24, 2.45) is 0 Å². The van der Waals surface area contributed by atoms with E-state index in [2.05, 4.69) is 10.2 Å². The van der Waals surface area contributed by atoms with Crippen molar-refractivity contribution in [3.63, 3.8) is 0 Å². The van der Waals surface area contributed by atoms with Crippen LogP contribution in [0.2, 0.25) is 0 Å². The van der Waals surface area contributed by atoms with Crippen LogP contribution in [0, 0.1) is 0 Å². The van der Waals surface area contributed by atoms with Crippen molar-refractivity contribution >= 4 is 23.3 Å². The second-order valence-corrected chi connectivity index (χ2v) is 6.77. The van der Waals surface area contributed by atoms with Crippen LogP contribution in [0.4, 0.5) is 11.4 Å². The Bertz CT molecular complexity index is 891. The number of hydrogen-bond acceptors (Lipinski definition) is 7. The quantitative estimate of drug-likeness (QED) is 0.664. The highest BCUT2D eigenvalue weighted by atomic mass is 16.5. The summed E-state index contributed by atoms with van der Waals surface area (Å²) in [6, 6.07) is 10.6. The molecule has 0 radical (unpaired) electrons. The summed E-state index contributed by atoms with van der Waals surface area (Å²) < 4.78 is 20.8. The fourth-order valence-electron chi connectivity index (χ4n) is 3.33. The third kappa shape index (κ3) is 4.94. The first kappa shape index (κ1) is 21.3. The lowest BCUT2D eigenvalue weighted by Gasteiger charge is -2.17. The van der Waals surface area contributed by atoms with Crippen LogP contribution in [0.15, 0.2) is 36.4 Å². The van der Waals surface area contributed by atoms with E-state index < -0.39 is 18.5 Å². The maximum Gasteiger partial charge on any atom is 0.342 e. The minimum atomic E-state index is -0.702. The molecule has 1 saturated heterocycles. The summed E-state index contributed by atoms with van der Waals surface area (Å²) in [4.78, 5) is 27.0. The van der Waals surface area contributed by atoms with Gasteiger partial charge in [0.2, 0.25) is 0 Å². The van der Waals surface area contributed by atoms with Crippen LogP contribution < -0.4 is 24.4 Å². The van der Waals surface area contributed by atoms with Crippen LogP contribution in [0.25, 0.3) is 0 Å². The van der Waals surface area contributed by atoms with E-state index in [9.17, 15) is 9.59 Å². The lowest BCUT2D eigenvalue weighted by molar-refractivity contribution is -0.119. The molecule has 0 spiro atoms. The van der Waals surface area contributed by atoms with Crippen LogP contribution >= 0.6 is 0 Å². The van der Waals surface area contributed by atoms with E-state index in [0.717, 1.165) is 18.8 Å². The van der Waals surface area contributed by atoms with Crippen molar-refractivity contribution in [3.05, 3.63) is 42.0 Å². The molecule has 8 heteroatoms. The predicted molar refractivity (Wildman–Crippen MR) is 113 cm³/mol. The fraction of sp³-hybridized carbons (Fsp3) is 0.364. The van der Waals surface area contributed by atoms with Crippen LogP contribution in [0.5, 0.6) is 17.2 Å². The Labute approximate surface area is 175 Å². The van der Waals surface area contributed by atoms with Crippen molar-refractivity contribution in [1.29, 1.82) is 0 Å². The Balaban J connectivity index is 1.58. The van der Waals surface area contributed by atoms with Crippen molar-refractivity contribution in [3.8, 4) is 17.2 Å². The molecule has 160 valence electrons. The first-order chi connectivity index (χ1) is 14.5. The molecule has 30 heavy (non-hydrogen) atoms. The van der Waals surface area contributed by atoms with Crippen molar-refractivity contribution in [2.75, 3.05) is 51.2 Å². The zero-order chi connectivity index (χ0) is 21.5. The van der Waals surface area contributed by atoms with E-state index in [1.54, 1.807) is 0 Å². The molecule has 2 aromatic rings. The van der Waals surface area contributed by atoms with E-state index in [0.29, 0.717) is 17.2 Å². The number of nitrogens with one attached hydrogen (secondary N) is 1. The molecule has 0 aromatic heterocycles. The van der Waals surface area contributed by atoms with Crippen molar-refractivity contribution < 1.29 is 28.5 Å². The molecule has 1 fully saturated rings. The first-order valence-electron chi connectivity index (χ1n) is 9.67. The maximum absolute atomic E-state index is 12.5. The molecule has 0 saturated carbocycles. The lowest BCUT2D eigenvalue weighted by Crippen LogP contribution is -2.21. The second kappa shape index (κ2) is 9.87. The molecule has 0 aliphatic carbocycles. The summed E-state index contributed by atoms with van der Waals surface area (Å²) in [7, 11) is 4.37. The van der Waals surface area contributed by atoms with Gasteiger partial charge in [-0.05, 0) is 37.1 Å². The summed E-state index contributed by atoms with van der Waals surface area (Å²) in [5.74, 6) is -0.103. The second-order valence-electron chi connectivity index (χ2n) is 6.77. The predicted octanol–water partition coefficient (Wildman–Crippen LogP) is 3.11. The van der Waals surface area contributed by atoms with E-state index in [1.165, 1.54) is 46.3 Å². The highest BCUT2D eigenvalue weighted by Gasteiger charge is 2.20. The monoisotopic (exact) mass is 414 g/mol. The highest BCUT2D eigenvalue weighted by molar-refractivity contribution is 5.97. The largest absolute Gasteiger partial charge is 0.496 e. The molecule has 8 nitrogen and oxygen atoms in total. The fourth-order valence-corrected chi connectivity index (χ4v) is 3.33. The number of benzene rings is 2. The Morgan fingerprint density at radius 2 is 1.50 bits per heavy atom. The molecule has 1 amide bonds. The molecule has 3 rings (SSSR count). The summed E-state index contributed by atoms with van der Waals surface area (Å²) in [6.07, 6.45) is 2.41. The third-order valence-corrected chi connectivity index (χ3v) is 4.88. The number of rotatable bonds is 8. The topological polar surface area (TPSA) is 86.3 Å². The van der Waals surface area contributed by atoms with Gasteiger partial charge in [-0.3, -0.25) is 4.79 Å². The van der Waals surface area contributed by atoms with Crippen molar-refractivity contribution in [1.82, 2.24) is 0 Å². The van der Waals surface area contributed by atoms with Gasteiger partial charge in [0.1, 0.15) is 11.3 Å². The maximum atomic E-state index is 12.5. The van der Waals surface area contributed by atoms with Crippen molar-refractivity contribution in [2.45, 2.75) is 12.8 Å². The minimum absolute atomic E-state index is 0.137. The van der Waals surface area contributed by atoms with Gasteiger partial charge in [-0.2, -0.15) is 0 Å². The number of ether oxygens (including phenoxy) is 4. The molecule has 1 aliphatic heterocycles. The number of hydrogen-bond donors (Lipinski definition) is 1. The average Bonchev–Trinajstić information content (AvgIpc) is 3.32. The number of methoxy groups -OCH3 is 3. The molecule has 1 heterocycles. The molecule has 2 aromatic carbocycles. The summed E-state index contributed by atoms with van der Waals surface area (Å²) in [5, 5.41) is 2.73. The summed E-state index contributed by atoms with van der Waals surface area (Å²) in [5.41, 5.74) is 1.91. The third-order valence-electron chi connectivity index (χ3n) is 4.88. The van der Waals surface area contributed by atoms with Gasteiger partial charge in [-0.25, -0.2) is 4.79 Å². The van der Waals surface area contributed by atoms with E-state index >= 15 is 0 Å². The summed E-state index contributed by atoms with van der Waals surface area (Å²) in [6.45, 7) is 1.69. The normalized spacial score (nSPS) is 13.0. The van der Waals surface area contributed by atoms with E-state index in [-0.39, 0.29) is 11.3 Å². The minimum Gasteiger partial charge on any atom is -0.496 e. The van der Waals surface area contributed by atoms with E-state index in [1.807, 2.05) is 24.3 Å². The number of anilines is 2. The summed E-state index contributed by atoms with van der Waals surface area (Å²) >= 11 is 0. The first-order valence-corrected chi connectivity index (χ1v) is 9.67. The molecule has 0 atom stereocenters. The number of carbonyl (C=O) groups excluding carboxylic acids is 2. The Morgan fingerprint density at radius 3 is 2.10 bits per heavy atom. The smallest absolute Gasteiger partial charge is 0.342 e. The van der Waals surface area contributed by atoms with Gasteiger partial charge >= 0.3 is 5.97 Å². The Kier molecular flexibility index (Phi) is 7.00. The Hall–Kier alpha value is -3.42. The molecular weight excluding hydrogens is 388 g/mol. The zero-order valence-electron chi connectivity index (χ0n) is 17.4. The standard InChI is InChI=1S/C22H26N2O6/c1-27-18-13-20(29-3)19(28-2)12-17(18)22(26)30-14-21(25)23-15-6-8-16(9-7-15)24-10-4-5-11-24/h6-9,12-13H,4-5,10-11,14H2,1-3H3,(H,23,25). The van der Waals surface area contributed by atoms with Gasteiger partial charge in [-0.15, -0.1) is 0 Å². The number of amides is 1. The van der Waals surface area contributed by atoms with Gasteiger partial charge in [-0.1, -0.05) is 0 Å². The molecule has 0 unspecified atom stereocenters. The molecular formula is C22H26N2O6. The molecule has 0 bridgehead atoms. The highest BCUT2D eigenvalue weighted by Crippen LogP contribution is 2.35.